The Morgan fingerprint density at radius 3 is 2.75 bits per heavy atom. The fourth-order valence-corrected chi connectivity index (χ4v) is 2.34. The summed E-state index contributed by atoms with van der Waals surface area (Å²) in [5, 5.41) is 4.32. The molecule has 20 heavy (non-hydrogen) atoms. The van der Waals surface area contributed by atoms with Crippen LogP contribution in [0.4, 0.5) is 0 Å². The van der Waals surface area contributed by atoms with Crippen molar-refractivity contribution >= 4 is 21.9 Å². The van der Waals surface area contributed by atoms with Crippen LogP contribution in [0.5, 0.6) is 0 Å². The minimum absolute atomic E-state index is 0.215. The monoisotopic (exact) mass is 336 g/mol. The van der Waals surface area contributed by atoms with Crippen molar-refractivity contribution in [3.05, 3.63) is 51.8 Å². The highest BCUT2D eigenvalue weighted by atomic mass is 79.9. The molecular weight excluding hydrogens is 320 g/mol. The van der Waals surface area contributed by atoms with Gasteiger partial charge in [-0.15, -0.1) is 0 Å². The average Bonchev–Trinajstić information content (AvgIpc) is 2.74. The van der Waals surface area contributed by atoms with Gasteiger partial charge in [0, 0.05) is 15.7 Å². The Labute approximate surface area is 126 Å². The van der Waals surface area contributed by atoms with Gasteiger partial charge in [0.05, 0.1) is 18.7 Å². The van der Waals surface area contributed by atoms with Crippen molar-refractivity contribution in [2.45, 2.75) is 33.4 Å². The second-order valence-electron chi connectivity index (χ2n) is 4.65. The van der Waals surface area contributed by atoms with Crippen molar-refractivity contribution in [1.82, 2.24) is 9.78 Å². The third kappa shape index (κ3) is 3.93. The molecule has 0 radical (unpaired) electrons. The van der Waals surface area contributed by atoms with Gasteiger partial charge in [-0.2, -0.15) is 5.10 Å². The van der Waals surface area contributed by atoms with E-state index in [1.807, 2.05) is 48.9 Å². The first-order chi connectivity index (χ1) is 9.56. The van der Waals surface area contributed by atoms with E-state index in [1.165, 1.54) is 0 Å². The first-order valence-corrected chi connectivity index (χ1v) is 7.25. The molecule has 1 heterocycles. The van der Waals surface area contributed by atoms with Gasteiger partial charge in [-0.1, -0.05) is 34.1 Å². The van der Waals surface area contributed by atoms with Crippen LogP contribution in [0.2, 0.25) is 0 Å². The Morgan fingerprint density at radius 2 is 2.10 bits per heavy atom. The zero-order valence-electron chi connectivity index (χ0n) is 11.6. The van der Waals surface area contributed by atoms with Gasteiger partial charge in [-0.3, -0.25) is 9.48 Å². The molecule has 0 N–H and O–H groups in total. The lowest BCUT2D eigenvalue weighted by Gasteiger charge is -2.07. The molecule has 0 aliphatic heterocycles. The molecule has 5 heteroatoms. The van der Waals surface area contributed by atoms with Crippen LogP contribution in [0, 0.1) is 13.8 Å². The van der Waals surface area contributed by atoms with E-state index >= 15 is 0 Å². The van der Waals surface area contributed by atoms with Gasteiger partial charge < -0.3 is 4.74 Å². The van der Waals surface area contributed by atoms with E-state index in [4.69, 9.17) is 4.74 Å². The molecule has 0 bridgehead atoms. The van der Waals surface area contributed by atoms with E-state index in [9.17, 15) is 4.79 Å². The summed E-state index contributed by atoms with van der Waals surface area (Å²) in [7, 11) is 0. The SMILES string of the molecule is Cc1cc(C)n(CCC(=O)OCc2ccccc2Br)n1. The van der Waals surface area contributed by atoms with Gasteiger partial charge in [0.25, 0.3) is 0 Å². The van der Waals surface area contributed by atoms with Crippen LogP contribution in [-0.2, 0) is 22.7 Å². The third-order valence-corrected chi connectivity index (χ3v) is 3.75. The summed E-state index contributed by atoms with van der Waals surface area (Å²) in [6.07, 6.45) is 0.326. The summed E-state index contributed by atoms with van der Waals surface area (Å²) in [4.78, 5) is 11.7. The van der Waals surface area contributed by atoms with Gasteiger partial charge in [-0.05, 0) is 26.0 Å². The van der Waals surface area contributed by atoms with Crippen molar-refractivity contribution in [2.75, 3.05) is 0 Å². The number of ether oxygens (including phenoxy) is 1. The van der Waals surface area contributed by atoms with Crippen molar-refractivity contribution < 1.29 is 9.53 Å². The quantitative estimate of drug-likeness (QED) is 0.786. The first-order valence-electron chi connectivity index (χ1n) is 6.46. The number of hydrogen-bond donors (Lipinski definition) is 0. The molecule has 0 fully saturated rings. The second-order valence-corrected chi connectivity index (χ2v) is 5.51. The number of carbonyl (C=O) groups excluding carboxylic acids is 1. The summed E-state index contributed by atoms with van der Waals surface area (Å²) in [6.45, 7) is 4.76. The molecule has 0 aliphatic carbocycles. The van der Waals surface area contributed by atoms with Crippen LogP contribution in [0.1, 0.15) is 23.4 Å². The number of carbonyl (C=O) groups is 1. The highest BCUT2D eigenvalue weighted by Crippen LogP contribution is 2.16. The lowest BCUT2D eigenvalue weighted by atomic mass is 10.2. The molecular formula is C15H17BrN2O2. The van der Waals surface area contributed by atoms with Gasteiger partial charge in [0.15, 0.2) is 0 Å². The Hall–Kier alpha value is -1.62. The lowest BCUT2D eigenvalue weighted by Crippen LogP contribution is -2.11. The molecule has 0 atom stereocenters. The summed E-state index contributed by atoms with van der Waals surface area (Å²) in [5.74, 6) is -0.215. The summed E-state index contributed by atoms with van der Waals surface area (Å²) < 4.78 is 8.05. The maximum atomic E-state index is 11.7. The second kappa shape index (κ2) is 6.70. The Bertz CT molecular complexity index is 608. The van der Waals surface area contributed by atoms with Gasteiger partial charge >= 0.3 is 5.97 Å². The van der Waals surface area contributed by atoms with E-state index in [0.717, 1.165) is 21.4 Å². The number of nitrogens with zero attached hydrogens (tertiary/aromatic N) is 2. The summed E-state index contributed by atoms with van der Waals surface area (Å²) in [6, 6.07) is 9.70. The molecule has 0 saturated heterocycles. The molecule has 0 aliphatic rings. The van der Waals surface area contributed by atoms with Gasteiger partial charge in [0.1, 0.15) is 6.61 Å². The molecule has 0 spiro atoms. The van der Waals surface area contributed by atoms with E-state index in [-0.39, 0.29) is 12.6 Å². The summed E-state index contributed by atoms with van der Waals surface area (Å²) in [5.41, 5.74) is 2.98. The van der Waals surface area contributed by atoms with Gasteiger partial charge in [0.2, 0.25) is 0 Å². The van der Waals surface area contributed by atoms with Gasteiger partial charge in [-0.25, -0.2) is 0 Å². The molecule has 2 aromatic rings. The zero-order chi connectivity index (χ0) is 14.5. The maximum Gasteiger partial charge on any atom is 0.308 e. The fraction of sp³-hybridized carbons (Fsp3) is 0.333. The average molecular weight is 337 g/mol. The van der Waals surface area contributed by atoms with Crippen LogP contribution in [0.15, 0.2) is 34.8 Å². The van der Waals surface area contributed by atoms with E-state index < -0.39 is 0 Å². The third-order valence-electron chi connectivity index (χ3n) is 2.98. The number of hydrogen-bond acceptors (Lipinski definition) is 3. The van der Waals surface area contributed by atoms with E-state index in [0.29, 0.717) is 13.0 Å². The molecule has 1 aromatic carbocycles. The standard InChI is InChI=1S/C15H17BrN2O2/c1-11-9-12(2)18(17-11)8-7-15(19)20-10-13-5-3-4-6-14(13)16/h3-6,9H,7-8,10H2,1-2H3. The fourth-order valence-electron chi connectivity index (χ4n) is 1.94. The molecule has 1 aromatic heterocycles. The van der Waals surface area contributed by atoms with Crippen LogP contribution < -0.4 is 0 Å². The first kappa shape index (κ1) is 14.8. The largest absolute Gasteiger partial charge is 0.461 e. The van der Waals surface area contributed by atoms with Crippen LogP contribution in [0.3, 0.4) is 0 Å². The van der Waals surface area contributed by atoms with E-state index in [2.05, 4.69) is 21.0 Å². The molecule has 2 rings (SSSR count). The number of esters is 1. The number of aryl methyl sites for hydroxylation is 3. The molecule has 0 amide bonds. The van der Waals surface area contributed by atoms with Crippen LogP contribution >= 0.6 is 15.9 Å². The number of benzene rings is 1. The van der Waals surface area contributed by atoms with Crippen molar-refractivity contribution in [3.8, 4) is 0 Å². The highest BCUT2D eigenvalue weighted by molar-refractivity contribution is 9.10. The zero-order valence-corrected chi connectivity index (χ0v) is 13.2. The Morgan fingerprint density at radius 1 is 1.35 bits per heavy atom. The van der Waals surface area contributed by atoms with Crippen LogP contribution in [-0.4, -0.2) is 15.7 Å². The highest BCUT2D eigenvalue weighted by Gasteiger charge is 2.07. The molecule has 0 unspecified atom stereocenters. The number of rotatable bonds is 5. The minimum atomic E-state index is -0.215. The lowest BCUT2D eigenvalue weighted by molar-refractivity contribution is -0.145. The minimum Gasteiger partial charge on any atom is -0.461 e. The van der Waals surface area contributed by atoms with Crippen molar-refractivity contribution in [1.29, 1.82) is 0 Å². The Kier molecular flexibility index (Phi) is 4.95. The normalized spacial score (nSPS) is 10.6. The summed E-state index contributed by atoms with van der Waals surface area (Å²) >= 11 is 3.43. The predicted molar refractivity (Wildman–Crippen MR) is 80.3 cm³/mol. The van der Waals surface area contributed by atoms with E-state index in [1.54, 1.807) is 0 Å². The van der Waals surface area contributed by atoms with Crippen molar-refractivity contribution in [3.63, 3.8) is 0 Å². The topological polar surface area (TPSA) is 44.1 Å². The number of aromatic nitrogens is 2. The Balaban J connectivity index is 1.82. The molecule has 0 saturated carbocycles. The smallest absolute Gasteiger partial charge is 0.308 e. The molecule has 4 nitrogen and oxygen atoms in total. The molecule has 106 valence electrons. The maximum absolute atomic E-state index is 11.7. The van der Waals surface area contributed by atoms with Crippen molar-refractivity contribution in [2.24, 2.45) is 0 Å². The predicted octanol–water partition coefficient (Wildman–Crippen LogP) is 3.40. The number of halogens is 1. The van der Waals surface area contributed by atoms with Crippen LogP contribution in [0.25, 0.3) is 0 Å².